The van der Waals surface area contributed by atoms with Crippen LogP contribution < -0.4 is 4.90 Å². The lowest BCUT2D eigenvalue weighted by atomic mass is 9.86. The van der Waals surface area contributed by atoms with Crippen LogP contribution in [0.1, 0.15) is 63.4 Å². The normalized spacial score (nSPS) is 13.1. The van der Waals surface area contributed by atoms with Crippen LogP contribution >= 0.6 is 0 Å². The summed E-state index contributed by atoms with van der Waals surface area (Å²) in [4.78, 5) is 7.56. The molecule has 2 nitrogen and oxygen atoms in total. The third kappa shape index (κ3) is 5.44. The third-order valence-corrected chi connectivity index (χ3v) is 7.08. The number of hydrogen-bond acceptors (Lipinski definition) is 1. The molecule has 0 heterocycles. The Bertz CT molecular complexity index is 1310. The maximum Gasteiger partial charge on any atom is 0.0963 e. The van der Waals surface area contributed by atoms with Crippen LogP contribution in [0.15, 0.2) is 89.9 Å². The fourth-order valence-electron chi connectivity index (χ4n) is 5.62. The summed E-state index contributed by atoms with van der Waals surface area (Å²) in [6.45, 7) is 15.4. The van der Waals surface area contributed by atoms with Gasteiger partial charge in [-0.3, -0.25) is 0 Å². The summed E-state index contributed by atoms with van der Waals surface area (Å²) in [7, 11) is 0. The largest absolute Gasteiger partial charge is 0.324 e. The zero-order chi connectivity index (χ0) is 25.8. The molecule has 184 valence electrons. The molecular weight excluding hydrogens is 436 g/mol. The van der Waals surface area contributed by atoms with Gasteiger partial charge in [0.25, 0.3) is 0 Å². The molecule has 0 aliphatic rings. The summed E-state index contributed by atoms with van der Waals surface area (Å²) in [5, 5.41) is 0. The van der Waals surface area contributed by atoms with Crippen molar-refractivity contribution in [2.75, 3.05) is 4.90 Å². The quantitative estimate of drug-likeness (QED) is 0.192. The van der Waals surface area contributed by atoms with Gasteiger partial charge in [-0.2, -0.15) is 0 Å². The van der Waals surface area contributed by atoms with Gasteiger partial charge in [0, 0.05) is 11.6 Å². The van der Waals surface area contributed by atoms with Gasteiger partial charge in [0.2, 0.25) is 0 Å². The standard InChI is InChI=1S/C34H38N2/c1-23-18-25(3)32(26(4)19-23)35-22-36(33-27(5)20-24(2)21-28(33)6)34(31-16-12-9-13-17-31)29(7)30-14-10-8-11-15-30/h8-22,29,34H,1-7H3/t29?,34-/m0/s1. The maximum absolute atomic E-state index is 5.15. The van der Waals surface area contributed by atoms with E-state index in [1.807, 2.05) is 0 Å². The lowest BCUT2D eigenvalue weighted by Crippen LogP contribution is -2.32. The zero-order valence-electron chi connectivity index (χ0n) is 22.7. The van der Waals surface area contributed by atoms with E-state index in [1.165, 1.54) is 50.2 Å². The number of benzene rings is 4. The Kier molecular flexibility index (Phi) is 7.74. The number of aliphatic imine (C=N–C) groups is 1. The van der Waals surface area contributed by atoms with Crippen molar-refractivity contribution >= 4 is 17.7 Å². The Hall–Kier alpha value is -3.65. The summed E-state index contributed by atoms with van der Waals surface area (Å²) in [6, 6.07) is 30.7. The average Bonchev–Trinajstić information content (AvgIpc) is 2.83. The summed E-state index contributed by atoms with van der Waals surface area (Å²) in [5.74, 6) is 0.236. The molecular formula is C34H38N2. The second kappa shape index (κ2) is 11.0. The molecule has 0 bridgehead atoms. The lowest BCUT2D eigenvalue weighted by molar-refractivity contribution is 0.593. The lowest BCUT2D eigenvalue weighted by Gasteiger charge is -2.37. The highest BCUT2D eigenvalue weighted by Crippen LogP contribution is 2.41. The summed E-state index contributed by atoms with van der Waals surface area (Å²) < 4.78 is 0. The molecule has 0 spiro atoms. The molecule has 4 rings (SSSR count). The third-order valence-electron chi connectivity index (χ3n) is 7.08. The van der Waals surface area contributed by atoms with Crippen molar-refractivity contribution in [3.05, 3.63) is 129 Å². The minimum Gasteiger partial charge on any atom is -0.324 e. The zero-order valence-corrected chi connectivity index (χ0v) is 22.7. The predicted octanol–water partition coefficient (Wildman–Crippen LogP) is 9.25. The maximum atomic E-state index is 5.15. The van der Waals surface area contributed by atoms with E-state index in [0.29, 0.717) is 0 Å². The van der Waals surface area contributed by atoms with Crippen LogP contribution in [0.2, 0.25) is 0 Å². The summed E-state index contributed by atoms with van der Waals surface area (Å²) >= 11 is 0. The van der Waals surface area contributed by atoms with Crippen molar-refractivity contribution in [1.29, 1.82) is 0 Å². The van der Waals surface area contributed by atoms with Crippen LogP contribution in [0, 0.1) is 41.5 Å². The van der Waals surface area contributed by atoms with Crippen LogP contribution in [-0.4, -0.2) is 6.34 Å². The van der Waals surface area contributed by atoms with Gasteiger partial charge in [0.1, 0.15) is 0 Å². The molecule has 2 atom stereocenters. The van der Waals surface area contributed by atoms with Crippen molar-refractivity contribution in [1.82, 2.24) is 0 Å². The van der Waals surface area contributed by atoms with Gasteiger partial charge in [-0.05, 0) is 74.9 Å². The first-order valence-corrected chi connectivity index (χ1v) is 12.8. The van der Waals surface area contributed by atoms with Crippen LogP contribution in [0.4, 0.5) is 11.4 Å². The molecule has 4 aromatic rings. The highest BCUT2D eigenvalue weighted by molar-refractivity contribution is 5.86. The van der Waals surface area contributed by atoms with Gasteiger partial charge in [-0.1, -0.05) is 103 Å². The van der Waals surface area contributed by atoms with Gasteiger partial charge in [-0.15, -0.1) is 0 Å². The molecule has 0 radical (unpaired) electrons. The molecule has 1 unspecified atom stereocenters. The number of nitrogens with zero attached hydrogens (tertiary/aromatic N) is 2. The van der Waals surface area contributed by atoms with E-state index in [9.17, 15) is 0 Å². The van der Waals surface area contributed by atoms with Gasteiger partial charge < -0.3 is 4.90 Å². The van der Waals surface area contributed by atoms with Crippen molar-refractivity contribution < 1.29 is 0 Å². The van der Waals surface area contributed by atoms with Crippen LogP contribution in [0.25, 0.3) is 0 Å². The highest BCUT2D eigenvalue weighted by Gasteiger charge is 2.29. The molecule has 0 fully saturated rings. The van der Waals surface area contributed by atoms with Crippen molar-refractivity contribution in [3.8, 4) is 0 Å². The van der Waals surface area contributed by atoms with E-state index in [1.54, 1.807) is 0 Å². The van der Waals surface area contributed by atoms with Crippen LogP contribution in [0.5, 0.6) is 0 Å². The topological polar surface area (TPSA) is 15.6 Å². The fourth-order valence-corrected chi connectivity index (χ4v) is 5.62. The number of aryl methyl sites for hydroxylation is 6. The van der Waals surface area contributed by atoms with E-state index >= 15 is 0 Å². The Labute approximate surface area is 217 Å². The van der Waals surface area contributed by atoms with Gasteiger partial charge in [0.05, 0.1) is 18.1 Å². The fraction of sp³-hybridized carbons (Fsp3) is 0.265. The summed E-state index contributed by atoms with van der Waals surface area (Å²) in [6.07, 6.45) is 2.08. The molecule has 0 saturated carbocycles. The first-order valence-electron chi connectivity index (χ1n) is 12.8. The minimum atomic E-state index is 0.0727. The molecule has 0 N–H and O–H groups in total. The molecule has 2 heteroatoms. The Morgan fingerprint density at radius 2 is 1.06 bits per heavy atom. The van der Waals surface area contributed by atoms with Crippen molar-refractivity contribution in [3.63, 3.8) is 0 Å². The molecule has 0 aliphatic heterocycles. The van der Waals surface area contributed by atoms with E-state index in [4.69, 9.17) is 4.99 Å². The van der Waals surface area contributed by atoms with E-state index < -0.39 is 0 Å². The van der Waals surface area contributed by atoms with Gasteiger partial charge >= 0.3 is 0 Å². The van der Waals surface area contributed by atoms with E-state index in [0.717, 1.165) is 5.69 Å². The predicted molar refractivity (Wildman–Crippen MR) is 156 cm³/mol. The first kappa shape index (κ1) is 25.4. The molecule has 0 aliphatic carbocycles. The SMILES string of the molecule is Cc1cc(C)c(N=CN(c2c(C)cc(C)cc2C)[C@H](c2ccccc2)C(C)c2ccccc2)c(C)c1. The first-order chi connectivity index (χ1) is 17.3. The Morgan fingerprint density at radius 1 is 0.611 bits per heavy atom. The van der Waals surface area contributed by atoms with Crippen molar-refractivity contribution in [2.24, 2.45) is 4.99 Å². The Morgan fingerprint density at radius 3 is 1.56 bits per heavy atom. The molecule has 4 aromatic carbocycles. The number of rotatable bonds is 7. The molecule has 36 heavy (non-hydrogen) atoms. The van der Waals surface area contributed by atoms with Gasteiger partial charge in [-0.25, -0.2) is 4.99 Å². The van der Waals surface area contributed by atoms with E-state index in [-0.39, 0.29) is 12.0 Å². The average molecular weight is 475 g/mol. The smallest absolute Gasteiger partial charge is 0.0963 e. The Balaban J connectivity index is 1.94. The molecule has 0 saturated heterocycles. The van der Waals surface area contributed by atoms with E-state index in [2.05, 4.69) is 145 Å². The van der Waals surface area contributed by atoms with Crippen LogP contribution in [-0.2, 0) is 0 Å². The second-order valence-electron chi connectivity index (χ2n) is 10.2. The van der Waals surface area contributed by atoms with Gasteiger partial charge in [0.15, 0.2) is 0 Å². The number of hydrogen-bond donors (Lipinski definition) is 0. The second-order valence-corrected chi connectivity index (χ2v) is 10.2. The molecule has 0 amide bonds. The summed E-state index contributed by atoms with van der Waals surface area (Å²) in [5.41, 5.74) is 12.3. The van der Waals surface area contributed by atoms with Crippen molar-refractivity contribution in [2.45, 2.75) is 60.4 Å². The number of anilines is 1. The molecule has 0 aromatic heterocycles. The minimum absolute atomic E-state index is 0.0727. The van der Waals surface area contributed by atoms with Crippen LogP contribution in [0.3, 0.4) is 0 Å². The monoisotopic (exact) mass is 474 g/mol. The highest BCUT2D eigenvalue weighted by atomic mass is 15.2.